The zero-order valence-electron chi connectivity index (χ0n) is 17.8. The van der Waals surface area contributed by atoms with Gasteiger partial charge in [-0.15, -0.1) is 0 Å². The van der Waals surface area contributed by atoms with E-state index in [9.17, 15) is 8.42 Å². The molecule has 3 atom stereocenters. The maximum absolute atomic E-state index is 12.1. The second-order valence-corrected chi connectivity index (χ2v) is 10.7. The number of hydrogen-bond acceptors (Lipinski definition) is 2. The summed E-state index contributed by atoms with van der Waals surface area (Å²) < 4.78 is 27.0. The van der Waals surface area contributed by atoms with Crippen molar-refractivity contribution in [3.8, 4) is 0 Å². The van der Waals surface area contributed by atoms with Gasteiger partial charge >= 0.3 is 0 Å². The van der Waals surface area contributed by atoms with E-state index in [4.69, 9.17) is 0 Å². The summed E-state index contributed by atoms with van der Waals surface area (Å²) in [7, 11) is -3.24. The molecule has 0 radical (unpaired) electrons. The molecule has 0 bridgehead atoms. The summed E-state index contributed by atoms with van der Waals surface area (Å²) >= 11 is 0. The van der Waals surface area contributed by atoms with Crippen molar-refractivity contribution in [1.29, 1.82) is 0 Å². The van der Waals surface area contributed by atoms with Crippen LogP contribution < -0.4 is 4.72 Å². The van der Waals surface area contributed by atoms with E-state index in [2.05, 4.69) is 37.6 Å². The summed E-state index contributed by atoms with van der Waals surface area (Å²) in [5.41, 5.74) is 2.11. The second-order valence-electron chi connectivity index (χ2n) is 8.81. The number of sulfonamides is 1. The molecule has 3 nitrogen and oxygen atoms in total. The van der Waals surface area contributed by atoms with Crippen LogP contribution >= 0.6 is 0 Å². The first-order valence-corrected chi connectivity index (χ1v) is 12.6. The topological polar surface area (TPSA) is 46.2 Å². The lowest BCUT2D eigenvalue weighted by molar-refractivity contribution is 0.159. The Hall–Kier alpha value is -1.03. The molecule has 4 heteroatoms. The molecule has 1 saturated carbocycles. The van der Waals surface area contributed by atoms with Gasteiger partial charge in [0.25, 0.3) is 0 Å². The summed E-state index contributed by atoms with van der Waals surface area (Å²) in [5, 5.41) is 0. The summed E-state index contributed by atoms with van der Waals surface area (Å²) in [6.07, 6.45) is 11.2. The van der Waals surface area contributed by atoms with E-state index in [1.165, 1.54) is 56.9 Å². The van der Waals surface area contributed by atoms with Gasteiger partial charge in [0.15, 0.2) is 0 Å². The number of anilines is 1. The summed E-state index contributed by atoms with van der Waals surface area (Å²) in [6, 6.07) is 8.10. The van der Waals surface area contributed by atoms with Gasteiger partial charge in [-0.1, -0.05) is 71.9 Å². The highest BCUT2D eigenvalue weighted by Gasteiger charge is 2.38. The average molecular weight is 394 g/mol. The fourth-order valence-corrected chi connectivity index (χ4v) is 5.74. The predicted molar refractivity (Wildman–Crippen MR) is 117 cm³/mol. The third kappa shape index (κ3) is 6.23. The van der Waals surface area contributed by atoms with Crippen LogP contribution in [0.5, 0.6) is 0 Å². The van der Waals surface area contributed by atoms with Gasteiger partial charge in [-0.3, -0.25) is 4.72 Å². The van der Waals surface area contributed by atoms with Gasteiger partial charge in [-0.05, 0) is 60.6 Å². The van der Waals surface area contributed by atoms with E-state index >= 15 is 0 Å². The van der Waals surface area contributed by atoms with Crippen LogP contribution in [0.15, 0.2) is 24.3 Å². The molecule has 1 N–H and O–H groups in total. The van der Waals surface area contributed by atoms with Crippen LogP contribution in [-0.4, -0.2) is 14.2 Å². The first-order valence-electron chi connectivity index (χ1n) is 10.9. The summed E-state index contributed by atoms with van der Waals surface area (Å²) in [5.74, 6) is 1.64. The molecule has 0 amide bonds. The van der Waals surface area contributed by atoms with Gasteiger partial charge in [0.1, 0.15) is 0 Å². The maximum atomic E-state index is 12.1. The minimum atomic E-state index is -3.24. The minimum Gasteiger partial charge on any atom is -0.284 e. The highest BCUT2D eigenvalue weighted by Crippen LogP contribution is 2.47. The molecule has 154 valence electrons. The highest BCUT2D eigenvalue weighted by atomic mass is 32.2. The van der Waals surface area contributed by atoms with Crippen molar-refractivity contribution in [2.75, 3.05) is 10.5 Å². The van der Waals surface area contributed by atoms with E-state index in [1.807, 2.05) is 19.1 Å². The molecule has 1 aliphatic rings. The number of nitrogens with one attached hydrogen (secondary N) is 1. The lowest BCUT2D eigenvalue weighted by atomic mass is 9.61. The van der Waals surface area contributed by atoms with Gasteiger partial charge < -0.3 is 0 Å². The molecule has 1 aromatic carbocycles. The Balaban J connectivity index is 2.04. The summed E-state index contributed by atoms with van der Waals surface area (Å²) in [6.45, 7) is 8.90. The van der Waals surface area contributed by atoms with Gasteiger partial charge in [0.05, 0.1) is 5.75 Å². The van der Waals surface area contributed by atoms with E-state index < -0.39 is 10.0 Å². The van der Waals surface area contributed by atoms with Crippen molar-refractivity contribution in [2.24, 2.45) is 11.8 Å². The van der Waals surface area contributed by atoms with Crippen LogP contribution in [0.4, 0.5) is 5.69 Å². The van der Waals surface area contributed by atoms with Crippen molar-refractivity contribution in [3.05, 3.63) is 29.8 Å². The first-order chi connectivity index (χ1) is 12.8. The third-order valence-corrected chi connectivity index (χ3v) is 8.07. The number of benzene rings is 1. The quantitative estimate of drug-likeness (QED) is 0.461. The van der Waals surface area contributed by atoms with Crippen LogP contribution in [0.1, 0.15) is 91.0 Å². The Labute approximate surface area is 167 Å². The molecular weight excluding hydrogens is 354 g/mol. The van der Waals surface area contributed by atoms with Crippen LogP contribution in [0.2, 0.25) is 0 Å². The normalized spacial score (nSPS) is 26.1. The highest BCUT2D eigenvalue weighted by molar-refractivity contribution is 7.92. The lowest BCUT2D eigenvalue weighted by Gasteiger charge is -2.44. The fourth-order valence-electron chi connectivity index (χ4n) is 4.62. The number of unbranched alkanes of at least 4 members (excludes halogenated alkanes) is 3. The Bertz CT molecular complexity index is 685. The SMILES string of the molecule is CCCCCCC1CCC(C)(c2cccc(NS(=O)(=O)CCC)c2)C(C)C1. The van der Waals surface area contributed by atoms with Gasteiger partial charge in [-0.2, -0.15) is 0 Å². The van der Waals surface area contributed by atoms with Gasteiger partial charge in [0.2, 0.25) is 10.0 Å². The molecule has 0 spiro atoms. The minimum absolute atomic E-state index is 0.131. The molecule has 1 aliphatic carbocycles. The Kier molecular flexibility index (Phi) is 8.20. The van der Waals surface area contributed by atoms with Crippen LogP contribution in [0.3, 0.4) is 0 Å². The number of hydrogen-bond donors (Lipinski definition) is 1. The zero-order chi connectivity index (χ0) is 19.9. The van der Waals surface area contributed by atoms with E-state index in [0.717, 1.165) is 5.92 Å². The van der Waals surface area contributed by atoms with E-state index in [-0.39, 0.29) is 11.2 Å². The van der Waals surface area contributed by atoms with Crippen LogP contribution in [0.25, 0.3) is 0 Å². The van der Waals surface area contributed by atoms with Crippen molar-refractivity contribution in [1.82, 2.24) is 0 Å². The van der Waals surface area contributed by atoms with Crippen molar-refractivity contribution < 1.29 is 8.42 Å². The predicted octanol–water partition coefficient (Wildman–Crippen LogP) is 6.50. The maximum Gasteiger partial charge on any atom is 0.232 e. The van der Waals surface area contributed by atoms with Gasteiger partial charge in [-0.25, -0.2) is 8.42 Å². The average Bonchev–Trinajstić information content (AvgIpc) is 2.61. The monoisotopic (exact) mass is 393 g/mol. The van der Waals surface area contributed by atoms with Gasteiger partial charge in [0, 0.05) is 5.69 Å². The van der Waals surface area contributed by atoms with Crippen molar-refractivity contribution >= 4 is 15.7 Å². The standard InChI is InChI=1S/C23H39NO2S/c1-5-7-8-9-11-20-14-15-23(4,19(3)17-20)21-12-10-13-22(18-21)24-27(25,26)16-6-2/h10,12-13,18-20,24H,5-9,11,14-17H2,1-4H3. The molecule has 0 aliphatic heterocycles. The molecule has 27 heavy (non-hydrogen) atoms. The molecule has 0 aromatic heterocycles. The second kappa shape index (κ2) is 9.95. The Morgan fingerprint density at radius 3 is 2.59 bits per heavy atom. The van der Waals surface area contributed by atoms with Crippen LogP contribution in [-0.2, 0) is 15.4 Å². The molecule has 0 heterocycles. The molecule has 3 unspecified atom stereocenters. The fraction of sp³-hybridized carbons (Fsp3) is 0.739. The summed E-state index contributed by atoms with van der Waals surface area (Å²) in [4.78, 5) is 0. The number of rotatable bonds is 10. The molecular formula is C23H39NO2S. The molecule has 2 rings (SSSR count). The Morgan fingerprint density at radius 2 is 1.93 bits per heavy atom. The van der Waals surface area contributed by atoms with Crippen molar-refractivity contribution in [2.45, 2.75) is 90.9 Å². The molecule has 1 aromatic rings. The third-order valence-electron chi connectivity index (χ3n) is 6.58. The smallest absolute Gasteiger partial charge is 0.232 e. The Morgan fingerprint density at radius 1 is 1.15 bits per heavy atom. The van der Waals surface area contributed by atoms with Crippen molar-refractivity contribution in [3.63, 3.8) is 0 Å². The first kappa shape index (κ1) is 22.3. The zero-order valence-corrected chi connectivity index (χ0v) is 18.6. The lowest BCUT2D eigenvalue weighted by Crippen LogP contribution is -2.36. The molecule has 1 fully saturated rings. The van der Waals surface area contributed by atoms with Crippen LogP contribution in [0, 0.1) is 11.8 Å². The van der Waals surface area contributed by atoms with E-state index in [0.29, 0.717) is 18.0 Å². The van der Waals surface area contributed by atoms with E-state index in [1.54, 1.807) is 0 Å². The largest absolute Gasteiger partial charge is 0.284 e. The molecule has 0 saturated heterocycles.